The van der Waals surface area contributed by atoms with Crippen LogP contribution in [-0.2, 0) is 0 Å². The minimum atomic E-state index is 0.594. The smallest absolute Gasteiger partial charge is 0.0161 e. The van der Waals surface area contributed by atoms with Gasteiger partial charge in [-0.2, -0.15) is 0 Å². The topological polar surface area (TPSA) is 12.0 Å². The van der Waals surface area contributed by atoms with E-state index in [2.05, 4.69) is 32.7 Å². The van der Waals surface area contributed by atoms with Gasteiger partial charge in [0.25, 0.3) is 0 Å². The molecule has 0 aliphatic carbocycles. The van der Waals surface area contributed by atoms with Gasteiger partial charge in [0, 0.05) is 12.6 Å². The molecular formula is C9H19N. The summed E-state index contributed by atoms with van der Waals surface area (Å²) < 4.78 is 0. The van der Waals surface area contributed by atoms with Crippen LogP contribution in [0.15, 0.2) is 12.2 Å². The first-order valence-electron chi connectivity index (χ1n) is 3.91. The zero-order valence-electron chi connectivity index (χ0n) is 7.57. The van der Waals surface area contributed by atoms with Crippen LogP contribution in [0.4, 0.5) is 0 Å². The van der Waals surface area contributed by atoms with Gasteiger partial charge in [0.2, 0.25) is 0 Å². The molecule has 1 heteroatoms. The lowest BCUT2D eigenvalue weighted by atomic mass is 10.1. The molecule has 0 aromatic carbocycles. The summed E-state index contributed by atoms with van der Waals surface area (Å²) in [6.45, 7) is 13.4. The zero-order chi connectivity index (χ0) is 8.15. The molecule has 0 aromatic rings. The van der Waals surface area contributed by atoms with Crippen LogP contribution in [0.5, 0.6) is 0 Å². The second kappa shape index (κ2) is 4.51. The summed E-state index contributed by atoms with van der Waals surface area (Å²) in [6.07, 6.45) is 0. The van der Waals surface area contributed by atoms with Crippen molar-refractivity contribution >= 4 is 0 Å². The van der Waals surface area contributed by atoms with E-state index in [1.165, 1.54) is 5.57 Å². The van der Waals surface area contributed by atoms with Crippen molar-refractivity contribution < 1.29 is 0 Å². The molecule has 0 rings (SSSR count). The summed E-state index contributed by atoms with van der Waals surface area (Å²) in [6, 6.07) is 0.594. The van der Waals surface area contributed by atoms with Gasteiger partial charge < -0.3 is 5.32 Å². The van der Waals surface area contributed by atoms with E-state index in [0.717, 1.165) is 6.54 Å². The van der Waals surface area contributed by atoms with Gasteiger partial charge in [-0.3, -0.25) is 0 Å². The van der Waals surface area contributed by atoms with Crippen LogP contribution in [-0.4, -0.2) is 12.6 Å². The predicted octanol–water partition coefficient (Wildman–Crippen LogP) is 2.20. The van der Waals surface area contributed by atoms with Crippen LogP contribution < -0.4 is 5.32 Å². The van der Waals surface area contributed by atoms with Crippen molar-refractivity contribution in [2.24, 2.45) is 5.92 Å². The molecule has 0 radical (unpaired) electrons. The van der Waals surface area contributed by atoms with Crippen molar-refractivity contribution in [2.75, 3.05) is 6.54 Å². The van der Waals surface area contributed by atoms with E-state index in [-0.39, 0.29) is 0 Å². The zero-order valence-corrected chi connectivity index (χ0v) is 7.57. The lowest BCUT2D eigenvalue weighted by Gasteiger charge is -2.16. The molecular weight excluding hydrogens is 122 g/mol. The lowest BCUT2D eigenvalue weighted by Crippen LogP contribution is -2.31. The van der Waals surface area contributed by atoms with Crippen molar-refractivity contribution in [3.63, 3.8) is 0 Å². The Bertz CT molecular complexity index is 105. The molecule has 0 saturated carbocycles. The standard InChI is InChI=1S/C9H19N/c1-7(2)6-10-9(5)8(3)4/h8-10H,1,6H2,2-5H3. The highest BCUT2D eigenvalue weighted by atomic mass is 14.9. The van der Waals surface area contributed by atoms with Crippen LogP contribution >= 0.6 is 0 Å². The molecule has 60 valence electrons. The maximum absolute atomic E-state index is 3.82. The van der Waals surface area contributed by atoms with Crippen molar-refractivity contribution in [1.29, 1.82) is 0 Å². The summed E-state index contributed by atoms with van der Waals surface area (Å²) in [5, 5.41) is 3.38. The summed E-state index contributed by atoms with van der Waals surface area (Å²) in [4.78, 5) is 0. The number of rotatable bonds is 4. The van der Waals surface area contributed by atoms with Crippen LogP contribution in [0, 0.1) is 5.92 Å². The molecule has 0 spiro atoms. The molecule has 0 bridgehead atoms. The fourth-order valence-electron chi connectivity index (χ4n) is 0.571. The van der Waals surface area contributed by atoms with E-state index in [1.54, 1.807) is 0 Å². The third-order valence-electron chi connectivity index (χ3n) is 1.73. The van der Waals surface area contributed by atoms with Gasteiger partial charge >= 0.3 is 0 Å². The van der Waals surface area contributed by atoms with Crippen LogP contribution in [0.2, 0.25) is 0 Å². The first-order valence-corrected chi connectivity index (χ1v) is 3.91. The SMILES string of the molecule is C=C(C)CNC(C)C(C)C. The minimum Gasteiger partial charge on any atom is -0.310 e. The molecule has 0 fully saturated rings. The molecule has 0 aromatic heterocycles. The molecule has 0 aliphatic rings. The number of hydrogen-bond acceptors (Lipinski definition) is 1. The first-order chi connectivity index (χ1) is 4.54. The molecule has 0 amide bonds. The highest BCUT2D eigenvalue weighted by Gasteiger charge is 2.04. The lowest BCUT2D eigenvalue weighted by molar-refractivity contribution is 0.441. The van der Waals surface area contributed by atoms with E-state index < -0.39 is 0 Å². The molecule has 1 nitrogen and oxygen atoms in total. The Hall–Kier alpha value is -0.300. The summed E-state index contributed by atoms with van der Waals surface area (Å²) in [7, 11) is 0. The average molecular weight is 141 g/mol. The van der Waals surface area contributed by atoms with E-state index in [9.17, 15) is 0 Å². The monoisotopic (exact) mass is 141 g/mol. The normalized spacial score (nSPS) is 13.7. The Morgan fingerprint density at radius 1 is 1.40 bits per heavy atom. The first kappa shape index (κ1) is 9.70. The van der Waals surface area contributed by atoms with Crippen molar-refractivity contribution in [3.8, 4) is 0 Å². The average Bonchev–Trinajstić information content (AvgIpc) is 1.82. The molecule has 1 atom stereocenters. The highest BCUT2D eigenvalue weighted by Crippen LogP contribution is 1.99. The highest BCUT2D eigenvalue weighted by molar-refractivity contribution is 4.91. The van der Waals surface area contributed by atoms with E-state index >= 15 is 0 Å². The van der Waals surface area contributed by atoms with E-state index in [0.29, 0.717) is 12.0 Å². The third-order valence-corrected chi connectivity index (χ3v) is 1.73. The van der Waals surface area contributed by atoms with Crippen LogP contribution in [0.25, 0.3) is 0 Å². The van der Waals surface area contributed by atoms with Gasteiger partial charge in [0.15, 0.2) is 0 Å². The maximum atomic E-state index is 3.82. The van der Waals surface area contributed by atoms with Gasteiger partial charge in [-0.1, -0.05) is 26.0 Å². The van der Waals surface area contributed by atoms with Crippen LogP contribution in [0.1, 0.15) is 27.7 Å². The largest absolute Gasteiger partial charge is 0.310 e. The Labute approximate surface area is 64.5 Å². The Balaban J connectivity index is 3.39. The Kier molecular flexibility index (Phi) is 4.37. The van der Waals surface area contributed by atoms with Crippen molar-refractivity contribution in [2.45, 2.75) is 33.7 Å². The maximum Gasteiger partial charge on any atom is 0.0161 e. The second-order valence-electron chi connectivity index (χ2n) is 3.37. The Morgan fingerprint density at radius 3 is 2.20 bits per heavy atom. The minimum absolute atomic E-state index is 0.594. The molecule has 10 heavy (non-hydrogen) atoms. The van der Waals surface area contributed by atoms with E-state index in [4.69, 9.17) is 0 Å². The van der Waals surface area contributed by atoms with Crippen molar-refractivity contribution in [1.82, 2.24) is 5.32 Å². The van der Waals surface area contributed by atoms with Gasteiger partial charge in [-0.15, -0.1) is 0 Å². The summed E-state index contributed by atoms with van der Waals surface area (Å²) in [5.41, 5.74) is 1.20. The number of nitrogens with one attached hydrogen (secondary N) is 1. The molecule has 0 saturated heterocycles. The van der Waals surface area contributed by atoms with Gasteiger partial charge in [-0.05, 0) is 19.8 Å². The van der Waals surface area contributed by atoms with E-state index in [1.807, 2.05) is 6.92 Å². The van der Waals surface area contributed by atoms with Crippen molar-refractivity contribution in [3.05, 3.63) is 12.2 Å². The molecule has 1 unspecified atom stereocenters. The second-order valence-corrected chi connectivity index (χ2v) is 3.37. The van der Waals surface area contributed by atoms with Crippen LogP contribution in [0.3, 0.4) is 0 Å². The molecule has 0 aliphatic heterocycles. The van der Waals surface area contributed by atoms with Gasteiger partial charge in [-0.25, -0.2) is 0 Å². The van der Waals surface area contributed by atoms with Gasteiger partial charge in [0.05, 0.1) is 0 Å². The molecule has 0 heterocycles. The fraction of sp³-hybridized carbons (Fsp3) is 0.778. The third kappa shape index (κ3) is 4.57. The van der Waals surface area contributed by atoms with Gasteiger partial charge in [0.1, 0.15) is 0 Å². The number of hydrogen-bond donors (Lipinski definition) is 1. The summed E-state index contributed by atoms with van der Waals surface area (Å²) >= 11 is 0. The molecule has 1 N–H and O–H groups in total. The predicted molar refractivity (Wildman–Crippen MR) is 47.1 cm³/mol. The summed E-state index contributed by atoms with van der Waals surface area (Å²) in [5.74, 6) is 0.708. The Morgan fingerprint density at radius 2 is 1.90 bits per heavy atom. The quantitative estimate of drug-likeness (QED) is 0.592. The fourth-order valence-corrected chi connectivity index (χ4v) is 0.571.